The number of aliphatic hydroxyl groups is 1. The van der Waals surface area contributed by atoms with E-state index in [0.29, 0.717) is 0 Å². The zero-order valence-electron chi connectivity index (χ0n) is 16.6. The van der Waals surface area contributed by atoms with E-state index in [9.17, 15) is 18.3 Å². The van der Waals surface area contributed by atoms with Gasteiger partial charge in [0.05, 0.1) is 17.7 Å². The number of benzene rings is 3. The molecule has 4 rings (SSSR count). The first-order chi connectivity index (χ1) is 14.9. The Morgan fingerprint density at radius 2 is 1.58 bits per heavy atom. The highest BCUT2D eigenvalue weighted by molar-refractivity contribution is 7.93. The van der Waals surface area contributed by atoms with E-state index in [1.807, 2.05) is 30.3 Å². The topological polar surface area (TPSA) is 93.1 Å². The number of sulfonamides is 1. The van der Waals surface area contributed by atoms with Crippen LogP contribution in [0.1, 0.15) is 11.1 Å². The van der Waals surface area contributed by atoms with E-state index in [-0.39, 0.29) is 28.5 Å². The van der Waals surface area contributed by atoms with Crippen LogP contribution < -0.4 is 9.04 Å². The van der Waals surface area contributed by atoms with Gasteiger partial charge >= 0.3 is 5.97 Å². The first kappa shape index (κ1) is 20.5. The molecule has 0 bridgehead atoms. The molecule has 0 amide bonds. The third-order valence-corrected chi connectivity index (χ3v) is 6.56. The van der Waals surface area contributed by atoms with Crippen molar-refractivity contribution in [2.24, 2.45) is 0 Å². The summed E-state index contributed by atoms with van der Waals surface area (Å²) in [6.45, 7) is 0.186. The normalized spacial score (nSPS) is 14.7. The van der Waals surface area contributed by atoms with Gasteiger partial charge in [-0.3, -0.25) is 0 Å². The van der Waals surface area contributed by atoms with Gasteiger partial charge < -0.3 is 14.6 Å². The Labute approximate surface area is 179 Å². The molecule has 1 aliphatic rings. The van der Waals surface area contributed by atoms with E-state index in [2.05, 4.69) is 0 Å². The number of para-hydroxylation sites is 2. The molecule has 158 valence electrons. The molecule has 0 saturated heterocycles. The summed E-state index contributed by atoms with van der Waals surface area (Å²) in [5, 5.41) is 10.8. The van der Waals surface area contributed by atoms with Crippen molar-refractivity contribution in [2.45, 2.75) is 11.5 Å². The van der Waals surface area contributed by atoms with Crippen LogP contribution in [0.25, 0.3) is 5.76 Å². The average Bonchev–Trinajstić information content (AvgIpc) is 2.80. The van der Waals surface area contributed by atoms with Gasteiger partial charge in [-0.25, -0.2) is 17.5 Å². The lowest BCUT2D eigenvalue weighted by Gasteiger charge is -2.31. The van der Waals surface area contributed by atoms with Crippen LogP contribution in [0.4, 0.5) is 5.69 Å². The third-order valence-electron chi connectivity index (χ3n) is 4.79. The second-order valence-electron chi connectivity index (χ2n) is 6.70. The molecule has 7 nitrogen and oxygen atoms in total. The SMILES string of the molecule is COC(=O)C1=C(O)c2ccccc2S(=O)(=O)N1c1ccccc1OCc1ccccc1. The maximum Gasteiger partial charge on any atom is 0.359 e. The monoisotopic (exact) mass is 437 g/mol. The lowest BCUT2D eigenvalue weighted by molar-refractivity contribution is -0.136. The number of methoxy groups -OCH3 is 1. The first-order valence-electron chi connectivity index (χ1n) is 9.37. The number of hydrogen-bond donors (Lipinski definition) is 1. The van der Waals surface area contributed by atoms with Gasteiger partial charge in [0.25, 0.3) is 10.0 Å². The standard InChI is InChI=1S/C23H19NO6S/c1-29-23(26)21-22(25)17-11-5-8-14-20(17)31(27,28)24(21)18-12-6-7-13-19(18)30-15-16-9-3-2-4-10-16/h2-14,25H,15H2,1H3. The lowest BCUT2D eigenvalue weighted by Crippen LogP contribution is -2.38. The fraction of sp³-hybridized carbons (Fsp3) is 0.0870. The maximum atomic E-state index is 13.5. The summed E-state index contributed by atoms with van der Waals surface area (Å²) < 4.78 is 38.5. The Bertz CT molecular complexity index is 1270. The van der Waals surface area contributed by atoms with Crippen molar-refractivity contribution < 1.29 is 27.8 Å². The predicted molar refractivity (Wildman–Crippen MR) is 115 cm³/mol. The summed E-state index contributed by atoms with van der Waals surface area (Å²) in [4.78, 5) is 12.4. The highest BCUT2D eigenvalue weighted by atomic mass is 32.2. The molecule has 0 unspecified atom stereocenters. The van der Waals surface area contributed by atoms with Crippen molar-refractivity contribution in [3.8, 4) is 5.75 Å². The summed E-state index contributed by atoms with van der Waals surface area (Å²) in [6, 6.07) is 21.7. The number of nitrogens with zero attached hydrogens (tertiary/aromatic N) is 1. The molecule has 0 aromatic heterocycles. The molecule has 0 fully saturated rings. The van der Waals surface area contributed by atoms with Gasteiger partial charge in [-0.15, -0.1) is 0 Å². The molecule has 1 heterocycles. The minimum atomic E-state index is -4.24. The predicted octanol–water partition coefficient (Wildman–Crippen LogP) is 3.87. The van der Waals surface area contributed by atoms with Crippen LogP contribution >= 0.6 is 0 Å². The van der Waals surface area contributed by atoms with Crippen molar-refractivity contribution in [3.05, 3.63) is 95.7 Å². The van der Waals surface area contributed by atoms with E-state index in [0.717, 1.165) is 17.0 Å². The zero-order valence-corrected chi connectivity index (χ0v) is 17.4. The molecule has 31 heavy (non-hydrogen) atoms. The van der Waals surface area contributed by atoms with Crippen LogP contribution in [-0.2, 0) is 26.2 Å². The van der Waals surface area contributed by atoms with Crippen LogP contribution in [0, 0.1) is 0 Å². The molecular weight excluding hydrogens is 418 g/mol. The maximum absolute atomic E-state index is 13.5. The number of carbonyl (C=O) groups is 1. The number of rotatable bonds is 5. The second kappa shape index (κ2) is 8.16. The summed E-state index contributed by atoms with van der Waals surface area (Å²) in [6.07, 6.45) is 0. The first-order valence-corrected chi connectivity index (χ1v) is 10.8. The molecule has 3 aromatic rings. The molecule has 0 aliphatic carbocycles. The van der Waals surface area contributed by atoms with Crippen LogP contribution in [0.3, 0.4) is 0 Å². The summed E-state index contributed by atoms with van der Waals surface area (Å²) in [5.74, 6) is -1.26. The van der Waals surface area contributed by atoms with Crippen LogP contribution in [0.15, 0.2) is 89.5 Å². The summed E-state index contributed by atoms with van der Waals surface area (Å²) >= 11 is 0. The van der Waals surface area contributed by atoms with E-state index < -0.39 is 27.4 Å². The number of fused-ring (bicyclic) bond motifs is 1. The van der Waals surface area contributed by atoms with E-state index >= 15 is 0 Å². The van der Waals surface area contributed by atoms with Crippen molar-refractivity contribution in [2.75, 3.05) is 11.4 Å². The van der Waals surface area contributed by atoms with E-state index in [1.54, 1.807) is 30.3 Å². The van der Waals surface area contributed by atoms with Gasteiger partial charge in [-0.1, -0.05) is 54.6 Å². The number of ether oxygens (including phenoxy) is 2. The average molecular weight is 437 g/mol. The van der Waals surface area contributed by atoms with Gasteiger partial charge in [-0.05, 0) is 29.8 Å². The molecule has 3 aromatic carbocycles. The zero-order chi connectivity index (χ0) is 22.0. The summed E-state index contributed by atoms with van der Waals surface area (Å²) in [7, 11) is -3.13. The summed E-state index contributed by atoms with van der Waals surface area (Å²) in [5.41, 5.74) is 0.495. The number of carbonyl (C=O) groups excluding carboxylic acids is 1. The van der Waals surface area contributed by atoms with Gasteiger partial charge in [0, 0.05) is 5.56 Å². The van der Waals surface area contributed by atoms with Crippen molar-refractivity contribution in [1.29, 1.82) is 0 Å². The molecule has 0 atom stereocenters. The Hall–Kier alpha value is -3.78. The Balaban J connectivity index is 1.87. The van der Waals surface area contributed by atoms with E-state index in [1.165, 1.54) is 18.2 Å². The molecule has 8 heteroatoms. The highest BCUT2D eigenvalue weighted by Crippen LogP contribution is 2.42. The van der Waals surface area contributed by atoms with Crippen molar-refractivity contribution in [3.63, 3.8) is 0 Å². The molecule has 0 saturated carbocycles. The molecule has 0 spiro atoms. The quantitative estimate of drug-likeness (QED) is 0.609. The number of hydrogen-bond acceptors (Lipinski definition) is 6. The molecular formula is C23H19NO6S. The van der Waals surface area contributed by atoms with Crippen molar-refractivity contribution >= 4 is 27.4 Å². The molecule has 1 N–H and O–H groups in total. The minimum Gasteiger partial charge on any atom is -0.505 e. The Morgan fingerprint density at radius 3 is 2.32 bits per heavy atom. The number of aliphatic hydroxyl groups excluding tert-OH is 1. The Kier molecular flexibility index (Phi) is 5.39. The fourth-order valence-corrected chi connectivity index (χ4v) is 5.04. The van der Waals surface area contributed by atoms with Gasteiger partial charge in [0.1, 0.15) is 12.4 Å². The van der Waals surface area contributed by atoms with E-state index in [4.69, 9.17) is 9.47 Å². The second-order valence-corrected chi connectivity index (χ2v) is 8.45. The number of esters is 1. The van der Waals surface area contributed by atoms with Crippen LogP contribution in [0.5, 0.6) is 5.75 Å². The Morgan fingerprint density at radius 1 is 0.935 bits per heavy atom. The largest absolute Gasteiger partial charge is 0.505 e. The lowest BCUT2D eigenvalue weighted by atomic mass is 10.1. The van der Waals surface area contributed by atoms with Gasteiger partial charge in [0.15, 0.2) is 11.5 Å². The van der Waals surface area contributed by atoms with Gasteiger partial charge in [0.2, 0.25) is 0 Å². The number of anilines is 1. The fourth-order valence-electron chi connectivity index (χ4n) is 3.34. The van der Waals surface area contributed by atoms with Crippen LogP contribution in [0.2, 0.25) is 0 Å². The highest BCUT2D eigenvalue weighted by Gasteiger charge is 2.42. The van der Waals surface area contributed by atoms with Gasteiger partial charge in [-0.2, -0.15) is 0 Å². The molecule has 0 radical (unpaired) electrons. The smallest absolute Gasteiger partial charge is 0.359 e. The molecule has 1 aliphatic heterocycles. The minimum absolute atomic E-state index is 0.0295. The van der Waals surface area contributed by atoms with Crippen LogP contribution in [-0.4, -0.2) is 26.6 Å². The third kappa shape index (κ3) is 3.62. The van der Waals surface area contributed by atoms with Crippen molar-refractivity contribution in [1.82, 2.24) is 0 Å².